The molecule has 0 aliphatic heterocycles. The van der Waals surface area contributed by atoms with Crippen molar-refractivity contribution in [1.82, 2.24) is 10.2 Å². The summed E-state index contributed by atoms with van der Waals surface area (Å²) >= 11 is 0. The molecule has 1 amide bonds. The number of rotatable bonds is 8. The fourth-order valence-electron chi connectivity index (χ4n) is 1.45. The highest BCUT2D eigenvalue weighted by Gasteiger charge is 2.11. The smallest absolute Gasteiger partial charge is 0.236 e. The van der Waals surface area contributed by atoms with Crippen LogP contribution in [0.15, 0.2) is 0 Å². The van der Waals surface area contributed by atoms with Gasteiger partial charge >= 0.3 is 0 Å². The van der Waals surface area contributed by atoms with Crippen molar-refractivity contribution in [3.05, 3.63) is 0 Å². The van der Waals surface area contributed by atoms with Crippen LogP contribution in [-0.4, -0.2) is 43.0 Å². The third-order valence-corrected chi connectivity index (χ3v) is 2.56. The Labute approximate surface area is 93.2 Å². The molecule has 0 fully saturated rings. The highest BCUT2D eigenvalue weighted by molar-refractivity contribution is 5.81. The van der Waals surface area contributed by atoms with Gasteiger partial charge in [-0.2, -0.15) is 0 Å². The molecular formula is C11H25N3O. The van der Waals surface area contributed by atoms with Gasteiger partial charge in [0.25, 0.3) is 0 Å². The van der Waals surface area contributed by atoms with Crippen LogP contribution in [-0.2, 0) is 4.79 Å². The van der Waals surface area contributed by atoms with Crippen molar-refractivity contribution in [3.63, 3.8) is 0 Å². The van der Waals surface area contributed by atoms with Crippen LogP contribution >= 0.6 is 0 Å². The summed E-state index contributed by atoms with van der Waals surface area (Å²) in [5.74, 6) is -0.0241. The van der Waals surface area contributed by atoms with Gasteiger partial charge in [-0.15, -0.1) is 0 Å². The zero-order valence-electron chi connectivity index (χ0n) is 10.3. The van der Waals surface area contributed by atoms with Gasteiger partial charge in [-0.25, -0.2) is 0 Å². The van der Waals surface area contributed by atoms with Crippen molar-refractivity contribution in [2.45, 2.75) is 39.7 Å². The van der Waals surface area contributed by atoms with Crippen molar-refractivity contribution in [3.8, 4) is 0 Å². The van der Waals surface area contributed by atoms with E-state index in [0.29, 0.717) is 6.54 Å². The maximum atomic E-state index is 11.4. The Morgan fingerprint density at radius 1 is 1.33 bits per heavy atom. The second-order valence-corrected chi connectivity index (χ2v) is 3.71. The molecule has 3 N–H and O–H groups in total. The number of amides is 1. The SMILES string of the molecule is CCC[C@H](N)C(=O)NCCN(CC)CC. The molecular weight excluding hydrogens is 190 g/mol. The number of likely N-dealkylation sites (N-methyl/N-ethyl adjacent to an activating group) is 1. The van der Waals surface area contributed by atoms with Gasteiger partial charge < -0.3 is 16.0 Å². The number of hydrogen-bond acceptors (Lipinski definition) is 3. The minimum absolute atomic E-state index is 0.0241. The van der Waals surface area contributed by atoms with Crippen molar-refractivity contribution in [2.24, 2.45) is 5.73 Å². The van der Waals surface area contributed by atoms with E-state index in [1.807, 2.05) is 6.92 Å². The summed E-state index contributed by atoms with van der Waals surface area (Å²) in [6, 6.07) is -0.341. The average molecular weight is 215 g/mol. The first-order valence-corrected chi connectivity index (χ1v) is 5.91. The van der Waals surface area contributed by atoms with Crippen LogP contribution < -0.4 is 11.1 Å². The van der Waals surface area contributed by atoms with Crippen LogP contribution in [0.4, 0.5) is 0 Å². The van der Waals surface area contributed by atoms with E-state index < -0.39 is 0 Å². The van der Waals surface area contributed by atoms with E-state index in [1.54, 1.807) is 0 Å². The molecule has 0 aromatic heterocycles. The highest BCUT2D eigenvalue weighted by atomic mass is 16.2. The maximum absolute atomic E-state index is 11.4. The first-order valence-electron chi connectivity index (χ1n) is 5.91. The topological polar surface area (TPSA) is 58.4 Å². The van der Waals surface area contributed by atoms with Gasteiger partial charge in [0.15, 0.2) is 0 Å². The third kappa shape index (κ3) is 6.47. The Kier molecular flexibility index (Phi) is 8.33. The lowest BCUT2D eigenvalue weighted by Gasteiger charge is -2.18. The molecule has 0 aromatic carbocycles. The van der Waals surface area contributed by atoms with Crippen LogP contribution in [0, 0.1) is 0 Å². The van der Waals surface area contributed by atoms with Gasteiger partial charge in [-0.1, -0.05) is 27.2 Å². The van der Waals surface area contributed by atoms with E-state index in [0.717, 1.165) is 32.5 Å². The molecule has 0 aliphatic carbocycles. The number of nitrogens with zero attached hydrogens (tertiary/aromatic N) is 1. The molecule has 0 heterocycles. The lowest BCUT2D eigenvalue weighted by molar-refractivity contribution is -0.122. The predicted octanol–water partition coefficient (Wildman–Crippen LogP) is 0.572. The lowest BCUT2D eigenvalue weighted by Crippen LogP contribution is -2.43. The van der Waals surface area contributed by atoms with E-state index >= 15 is 0 Å². The number of carbonyl (C=O) groups is 1. The summed E-state index contributed by atoms with van der Waals surface area (Å²) in [6.45, 7) is 9.90. The van der Waals surface area contributed by atoms with Crippen LogP contribution in [0.25, 0.3) is 0 Å². The van der Waals surface area contributed by atoms with E-state index in [-0.39, 0.29) is 11.9 Å². The highest BCUT2D eigenvalue weighted by Crippen LogP contribution is 1.92. The monoisotopic (exact) mass is 215 g/mol. The average Bonchev–Trinajstić information content (AvgIpc) is 2.24. The molecule has 1 atom stereocenters. The molecule has 0 saturated carbocycles. The minimum atomic E-state index is -0.341. The number of nitrogens with two attached hydrogens (primary N) is 1. The second kappa shape index (κ2) is 8.68. The molecule has 15 heavy (non-hydrogen) atoms. The number of nitrogens with one attached hydrogen (secondary N) is 1. The molecule has 0 saturated heterocycles. The van der Waals surface area contributed by atoms with Gasteiger partial charge in [0.1, 0.15) is 0 Å². The summed E-state index contributed by atoms with van der Waals surface area (Å²) < 4.78 is 0. The zero-order valence-corrected chi connectivity index (χ0v) is 10.3. The van der Waals surface area contributed by atoms with E-state index in [9.17, 15) is 4.79 Å². The second-order valence-electron chi connectivity index (χ2n) is 3.71. The van der Waals surface area contributed by atoms with E-state index in [4.69, 9.17) is 5.73 Å². The maximum Gasteiger partial charge on any atom is 0.236 e. The largest absolute Gasteiger partial charge is 0.353 e. The van der Waals surface area contributed by atoms with Gasteiger partial charge in [-0.3, -0.25) is 4.79 Å². The van der Waals surface area contributed by atoms with Crippen LogP contribution in [0.5, 0.6) is 0 Å². The fraction of sp³-hybridized carbons (Fsp3) is 0.909. The van der Waals surface area contributed by atoms with E-state index in [2.05, 4.69) is 24.1 Å². The summed E-state index contributed by atoms with van der Waals surface area (Å²) in [4.78, 5) is 13.7. The lowest BCUT2D eigenvalue weighted by atomic mass is 10.2. The molecule has 4 nitrogen and oxygen atoms in total. The first kappa shape index (κ1) is 14.4. The molecule has 0 aliphatic rings. The van der Waals surface area contributed by atoms with Gasteiger partial charge in [0.2, 0.25) is 5.91 Å². The summed E-state index contributed by atoms with van der Waals surface area (Å²) in [7, 11) is 0. The fourth-order valence-corrected chi connectivity index (χ4v) is 1.45. The number of hydrogen-bond donors (Lipinski definition) is 2. The van der Waals surface area contributed by atoms with Gasteiger partial charge in [-0.05, 0) is 19.5 Å². The first-order chi connectivity index (χ1) is 7.15. The number of carbonyl (C=O) groups excluding carboxylic acids is 1. The van der Waals surface area contributed by atoms with Gasteiger partial charge in [0.05, 0.1) is 6.04 Å². The van der Waals surface area contributed by atoms with Crippen molar-refractivity contribution >= 4 is 5.91 Å². The summed E-state index contributed by atoms with van der Waals surface area (Å²) in [5, 5.41) is 2.86. The normalized spacial score (nSPS) is 12.9. The minimum Gasteiger partial charge on any atom is -0.353 e. The Balaban J connectivity index is 3.62. The van der Waals surface area contributed by atoms with Crippen molar-refractivity contribution < 1.29 is 4.79 Å². The van der Waals surface area contributed by atoms with E-state index in [1.165, 1.54) is 0 Å². The zero-order chi connectivity index (χ0) is 11.7. The van der Waals surface area contributed by atoms with Gasteiger partial charge in [0, 0.05) is 13.1 Å². The predicted molar refractivity (Wildman–Crippen MR) is 63.7 cm³/mol. The molecule has 0 spiro atoms. The standard InChI is InChI=1S/C11H25N3O/c1-4-7-10(12)11(15)13-8-9-14(5-2)6-3/h10H,4-9,12H2,1-3H3,(H,13,15)/t10-/m0/s1. The van der Waals surface area contributed by atoms with Crippen LogP contribution in [0.2, 0.25) is 0 Å². The quantitative estimate of drug-likeness (QED) is 0.622. The molecule has 0 rings (SSSR count). The summed E-state index contributed by atoms with van der Waals surface area (Å²) in [5.41, 5.74) is 5.68. The van der Waals surface area contributed by atoms with Crippen molar-refractivity contribution in [2.75, 3.05) is 26.2 Å². The van der Waals surface area contributed by atoms with Crippen LogP contribution in [0.3, 0.4) is 0 Å². The molecule has 0 radical (unpaired) electrons. The third-order valence-electron chi connectivity index (χ3n) is 2.56. The van der Waals surface area contributed by atoms with Crippen molar-refractivity contribution in [1.29, 1.82) is 0 Å². The summed E-state index contributed by atoms with van der Waals surface area (Å²) in [6.07, 6.45) is 1.71. The Bertz CT molecular complexity index is 169. The molecule has 90 valence electrons. The molecule has 4 heteroatoms. The molecule has 0 unspecified atom stereocenters. The Hall–Kier alpha value is -0.610. The Morgan fingerprint density at radius 2 is 1.93 bits per heavy atom. The molecule has 0 aromatic rings. The Morgan fingerprint density at radius 3 is 2.40 bits per heavy atom. The van der Waals surface area contributed by atoms with Crippen LogP contribution in [0.1, 0.15) is 33.6 Å². The molecule has 0 bridgehead atoms.